The molecule has 1 atom stereocenters. The number of hydrogen-bond acceptors (Lipinski definition) is 4. The first kappa shape index (κ1) is 14.1. The molecule has 1 aromatic rings. The Balaban J connectivity index is 2.54. The van der Waals surface area contributed by atoms with Crippen LogP contribution in [0.4, 0.5) is 5.69 Å². The molecule has 1 N–H and O–H groups in total. The highest BCUT2D eigenvalue weighted by Crippen LogP contribution is 2.11. The van der Waals surface area contributed by atoms with E-state index < -0.39 is 11.2 Å². The van der Waals surface area contributed by atoms with Gasteiger partial charge in [0.25, 0.3) is 0 Å². The fraction of sp³-hybridized carbons (Fsp3) is 0.231. The number of benzene rings is 1. The third-order valence-corrected chi connectivity index (χ3v) is 2.58. The Bertz CT molecular complexity index is 476. The fourth-order valence-corrected chi connectivity index (χ4v) is 1.53. The van der Waals surface area contributed by atoms with E-state index in [0.717, 1.165) is 5.56 Å². The van der Waals surface area contributed by atoms with Gasteiger partial charge in [-0.15, -0.1) is 6.42 Å². The second kappa shape index (κ2) is 6.72. The molecule has 0 aliphatic heterocycles. The maximum Gasteiger partial charge on any atom is 0.319 e. The van der Waals surface area contributed by atoms with Crippen molar-refractivity contribution in [2.75, 3.05) is 12.4 Å². The number of terminal acetylenes is 1. The highest BCUT2D eigenvalue weighted by molar-refractivity contribution is 7.81. The second-order valence-corrected chi connectivity index (χ2v) is 4.14. The summed E-state index contributed by atoms with van der Waals surface area (Å²) in [6.07, 6.45) is 5.17. The lowest BCUT2D eigenvalue weighted by Crippen LogP contribution is -2.23. The lowest BCUT2D eigenvalue weighted by molar-refractivity contribution is -0.141. The molecule has 0 aliphatic carbocycles. The summed E-state index contributed by atoms with van der Waals surface area (Å²) in [5, 5.41) is 1.87. The highest BCUT2D eigenvalue weighted by Gasteiger charge is 2.18. The minimum Gasteiger partial charge on any atom is -0.468 e. The largest absolute Gasteiger partial charge is 0.468 e. The van der Waals surface area contributed by atoms with Crippen LogP contribution >= 0.6 is 12.6 Å². The minimum atomic E-state index is -0.764. The first-order chi connectivity index (χ1) is 8.56. The van der Waals surface area contributed by atoms with Gasteiger partial charge in [-0.05, 0) is 24.3 Å². The van der Waals surface area contributed by atoms with Crippen LogP contribution < -0.4 is 5.32 Å². The average molecular weight is 263 g/mol. The monoisotopic (exact) mass is 263 g/mol. The third kappa shape index (κ3) is 4.15. The van der Waals surface area contributed by atoms with Crippen molar-refractivity contribution in [2.24, 2.45) is 0 Å². The number of nitrogens with one attached hydrogen (secondary N) is 1. The minimum absolute atomic E-state index is 0.0489. The molecule has 0 spiro atoms. The van der Waals surface area contributed by atoms with Crippen molar-refractivity contribution in [1.82, 2.24) is 0 Å². The smallest absolute Gasteiger partial charge is 0.319 e. The van der Waals surface area contributed by atoms with Crippen molar-refractivity contribution >= 4 is 30.2 Å². The molecule has 0 fully saturated rings. The Morgan fingerprint density at radius 3 is 2.56 bits per heavy atom. The number of esters is 1. The Hall–Kier alpha value is -1.93. The number of anilines is 1. The van der Waals surface area contributed by atoms with Crippen molar-refractivity contribution in [3.05, 3.63) is 29.8 Å². The van der Waals surface area contributed by atoms with Gasteiger partial charge in [-0.25, -0.2) is 0 Å². The molecule has 1 rings (SSSR count). The molecule has 18 heavy (non-hydrogen) atoms. The number of hydrogen-bond donors (Lipinski definition) is 2. The topological polar surface area (TPSA) is 55.4 Å². The van der Waals surface area contributed by atoms with Gasteiger partial charge in [0.2, 0.25) is 5.91 Å². The van der Waals surface area contributed by atoms with Crippen LogP contribution in [0.3, 0.4) is 0 Å². The molecule has 1 aromatic carbocycles. The summed E-state index contributed by atoms with van der Waals surface area (Å²) < 4.78 is 4.48. The summed E-state index contributed by atoms with van der Waals surface area (Å²) in [4.78, 5) is 22.7. The van der Waals surface area contributed by atoms with Gasteiger partial charge in [-0.3, -0.25) is 9.59 Å². The molecule has 0 radical (unpaired) electrons. The van der Waals surface area contributed by atoms with E-state index in [9.17, 15) is 9.59 Å². The molecule has 5 heteroatoms. The molecule has 4 nitrogen and oxygen atoms in total. The van der Waals surface area contributed by atoms with Crippen LogP contribution in [0.1, 0.15) is 12.0 Å². The van der Waals surface area contributed by atoms with E-state index in [4.69, 9.17) is 6.42 Å². The quantitative estimate of drug-likeness (QED) is 0.491. The van der Waals surface area contributed by atoms with Crippen molar-refractivity contribution in [2.45, 2.75) is 11.7 Å². The van der Waals surface area contributed by atoms with Crippen LogP contribution in [0, 0.1) is 12.3 Å². The number of carbonyl (C=O) groups is 2. The van der Waals surface area contributed by atoms with E-state index in [0.29, 0.717) is 5.69 Å². The van der Waals surface area contributed by atoms with Crippen LogP contribution in [0.5, 0.6) is 0 Å². The normalized spacial score (nSPS) is 11.2. The molecule has 0 aliphatic rings. The number of methoxy groups -OCH3 is 1. The van der Waals surface area contributed by atoms with Crippen LogP contribution in [-0.2, 0) is 14.3 Å². The van der Waals surface area contributed by atoms with Crippen LogP contribution in [-0.4, -0.2) is 24.2 Å². The van der Waals surface area contributed by atoms with Crippen molar-refractivity contribution in [3.63, 3.8) is 0 Å². The molecule has 0 unspecified atom stereocenters. The molecule has 0 heterocycles. The first-order valence-electron chi connectivity index (χ1n) is 5.19. The Kier molecular flexibility index (Phi) is 5.28. The molecule has 0 saturated heterocycles. The van der Waals surface area contributed by atoms with Crippen molar-refractivity contribution in [1.29, 1.82) is 0 Å². The molecule has 0 bridgehead atoms. The molecule has 1 amide bonds. The maximum absolute atomic E-state index is 11.6. The molecular weight excluding hydrogens is 250 g/mol. The SMILES string of the molecule is C#Cc1ccc(NC(=O)C[C@@H](S)C(=O)OC)cc1. The standard InChI is InChI=1S/C13H13NO3S/c1-3-9-4-6-10(7-5-9)14-12(15)8-11(18)13(16)17-2/h1,4-7,11,18H,8H2,2H3,(H,14,15)/t11-/m1/s1. The summed E-state index contributed by atoms with van der Waals surface area (Å²) >= 11 is 3.98. The van der Waals surface area contributed by atoms with E-state index in [-0.39, 0.29) is 12.3 Å². The summed E-state index contributed by atoms with van der Waals surface area (Å²) in [6.45, 7) is 0. The predicted molar refractivity (Wildman–Crippen MR) is 72.4 cm³/mol. The van der Waals surface area contributed by atoms with Gasteiger partial charge >= 0.3 is 5.97 Å². The highest BCUT2D eigenvalue weighted by atomic mass is 32.1. The zero-order valence-corrected chi connectivity index (χ0v) is 10.7. The van der Waals surface area contributed by atoms with E-state index in [2.05, 4.69) is 28.6 Å². The lowest BCUT2D eigenvalue weighted by atomic mass is 10.2. The zero-order valence-electron chi connectivity index (χ0n) is 9.84. The number of thiol groups is 1. The van der Waals surface area contributed by atoms with E-state index in [1.807, 2.05) is 0 Å². The first-order valence-corrected chi connectivity index (χ1v) is 5.71. The van der Waals surface area contributed by atoms with E-state index in [1.54, 1.807) is 24.3 Å². The van der Waals surface area contributed by atoms with E-state index >= 15 is 0 Å². The molecule has 94 valence electrons. The molecule has 0 aromatic heterocycles. The fourth-order valence-electron chi connectivity index (χ4n) is 1.26. The van der Waals surface area contributed by atoms with Crippen molar-refractivity contribution in [3.8, 4) is 12.3 Å². The molecule has 0 saturated carbocycles. The summed E-state index contributed by atoms with van der Waals surface area (Å²) in [6, 6.07) is 6.82. The van der Waals surface area contributed by atoms with Gasteiger partial charge < -0.3 is 10.1 Å². The van der Waals surface area contributed by atoms with Gasteiger partial charge in [0.05, 0.1) is 7.11 Å². The average Bonchev–Trinajstić information content (AvgIpc) is 2.38. The maximum atomic E-state index is 11.6. The van der Waals surface area contributed by atoms with Gasteiger partial charge in [0.1, 0.15) is 5.25 Å². The van der Waals surface area contributed by atoms with E-state index in [1.165, 1.54) is 7.11 Å². The zero-order chi connectivity index (χ0) is 13.5. The number of rotatable bonds is 4. The van der Waals surface area contributed by atoms with Gasteiger partial charge in [0.15, 0.2) is 0 Å². The summed E-state index contributed by atoms with van der Waals surface area (Å²) in [5.41, 5.74) is 1.35. The second-order valence-electron chi connectivity index (χ2n) is 3.51. The number of amides is 1. The number of carbonyl (C=O) groups excluding carboxylic acids is 2. The van der Waals surface area contributed by atoms with Crippen LogP contribution in [0.2, 0.25) is 0 Å². The summed E-state index contributed by atoms with van der Waals surface area (Å²) in [7, 11) is 1.25. The lowest BCUT2D eigenvalue weighted by Gasteiger charge is -2.09. The summed E-state index contributed by atoms with van der Waals surface area (Å²) in [5.74, 6) is 1.63. The van der Waals surface area contributed by atoms with Crippen LogP contribution in [0.15, 0.2) is 24.3 Å². The van der Waals surface area contributed by atoms with Gasteiger partial charge in [0, 0.05) is 17.7 Å². The predicted octanol–water partition coefficient (Wildman–Crippen LogP) is 1.47. The van der Waals surface area contributed by atoms with Gasteiger partial charge in [-0.1, -0.05) is 5.92 Å². The molecular formula is C13H13NO3S. The third-order valence-electron chi connectivity index (χ3n) is 2.19. The Morgan fingerprint density at radius 1 is 1.44 bits per heavy atom. The number of ether oxygens (including phenoxy) is 1. The van der Waals surface area contributed by atoms with Crippen LogP contribution in [0.25, 0.3) is 0 Å². The van der Waals surface area contributed by atoms with Gasteiger partial charge in [-0.2, -0.15) is 12.6 Å². The van der Waals surface area contributed by atoms with Crippen molar-refractivity contribution < 1.29 is 14.3 Å². The Morgan fingerprint density at radius 2 is 2.06 bits per heavy atom. The Labute approximate surface area is 111 Å².